The number of nitrogens with zero attached hydrogens (tertiary/aromatic N) is 5. The van der Waals surface area contributed by atoms with Crippen LogP contribution in [-0.2, 0) is 62.5 Å². The summed E-state index contributed by atoms with van der Waals surface area (Å²) < 4.78 is 343. The number of carbonyl (C=O) groups excluding carboxylic acids is 1. The lowest BCUT2D eigenvalue weighted by Crippen LogP contribution is -2.75. The number of benzene rings is 5. The van der Waals surface area contributed by atoms with E-state index in [2.05, 4.69) is 15.0 Å². The monoisotopic (exact) mass is 1120 g/mol. The molecule has 0 N–H and O–H groups in total. The highest BCUT2D eigenvalue weighted by Gasteiger charge is 2.47. The highest BCUT2D eigenvalue weighted by molar-refractivity contribution is 7.20. The van der Waals surface area contributed by atoms with Gasteiger partial charge in [0, 0.05) is 10.5 Å². The van der Waals surface area contributed by atoms with Gasteiger partial charge >= 0.3 is 49.4 Å². The molecule has 406 valence electrons. The summed E-state index contributed by atoms with van der Waals surface area (Å²) in [7, 11) is 0. The van der Waals surface area contributed by atoms with Gasteiger partial charge in [-0.2, -0.15) is 132 Å². The maximum Gasteiger partial charge on any atom is 0.416 e. The Hall–Kier alpha value is -7.46. The molecule has 0 aliphatic heterocycles. The molecule has 0 bridgehead atoms. The molecule has 1 aromatic heterocycles. The highest BCUT2D eigenvalue weighted by Crippen LogP contribution is 2.41. The Balaban J connectivity index is 0.000000468. The predicted molar refractivity (Wildman–Crippen MR) is 218 cm³/mol. The zero-order valence-electron chi connectivity index (χ0n) is 36.8. The lowest BCUT2D eigenvalue weighted by Gasteiger charge is -2.46. The van der Waals surface area contributed by atoms with E-state index in [0.717, 1.165) is 0 Å². The van der Waals surface area contributed by atoms with E-state index in [-0.39, 0.29) is 18.9 Å². The van der Waals surface area contributed by atoms with Gasteiger partial charge in [0.25, 0.3) is 0 Å². The number of ketones is 1. The number of carbonyl (C=O) groups is 1. The van der Waals surface area contributed by atoms with Crippen LogP contribution in [0.2, 0.25) is 0 Å². The van der Waals surface area contributed by atoms with Gasteiger partial charge in [0.15, 0.2) is 12.4 Å². The lowest BCUT2D eigenvalue weighted by molar-refractivity contribution is -0.684. The summed E-state index contributed by atoms with van der Waals surface area (Å²) in [6, 6.07) is 0.286. The molecule has 0 saturated carbocycles. The summed E-state index contributed by atoms with van der Waals surface area (Å²) in [5, 5.41) is 3.44. The first-order valence-electron chi connectivity index (χ1n) is 20.3. The van der Waals surface area contributed by atoms with Gasteiger partial charge in [-0.05, 0) is 29.8 Å². The van der Waals surface area contributed by atoms with Crippen molar-refractivity contribution in [3.05, 3.63) is 188 Å². The Morgan fingerprint density at radius 1 is 0.461 bits per heavy atom. The fourth-order valence-corrected chi connectivity index (χ4v) is 7.72. The number of Topliss-reactive ketones (excluding diaryl/α,β-unsaturated/α-hetero) is 1. The molecule has 1 heterocycles. The van der Waals surface area contributed by atoms with E-state index in [1.807, 2.05) is 18.2 Å². The molecule has 0 aliphatic rings. The molecular weight excluding hydrogens is 1090 g/mol. The summed E-state index contributed by atoms with van der Waals surface area (Å²) in [6.45, 7) is 0.409. The van der Waals surface area contributed by atoms with Crippen LogP contribution < -0.4 is 26.4 Å². The first-order valence-corrected chi connectivity index (χ1v) is 20.3. The summed E-state index contributed by atoms with van der Waals surface area (Å²) in [5.41, 5.74) is -20.6. The third-order valence-corrected chi connectivity index (χ3v) is 11.0. The van der Waals surface area contributed by atoms with Gasteiger partial charge in [-0.15, -0.1) is 0 Å². The maximum absolute atomic E-state index is 14.2. The summed E-state index contributed by atoms with van der Waals surface area (Å²) >= 11 is 0. The van der Waals surface area contributed by atoms with Crippen LogP contribution in [0.25, 0.3) is 10.4 Å². The Kier molecular flexibility index (Phi) is 16.4. The van der Waals surface area contributed by atoms with Crippen LogP contribution in [0, 0.1) is 0 Å². The van der Waals surface area contributed by atoms with Crippen LogP contribution in [0.1, 0.15) is 60.6 Å². The molecule has 31 heteroatoms. The van der Waals surface area contributed by atoms with Crippen LogP contribution >= 0.6 is 0 Å². The molecule has 6 aromatic rings. The van der Waals surface area contributed by atoms with E-state index in [1.165, 1.54) is 0 Å². The molecule has 6 rings (SSSR count). The van der Waals surface area contributed by atoms with Crippen LogP contribution in [0.15, 0.2) is 127 Å². The van der Waals surface area contributed by atoms with Crippen LogP contribution in [0.4, 0.5) is 105 Å². The third kappa shape index (κ3) is 14.1. The first-order chi connectivity index (χ1) is 34.6. The second-order valence-corrected chi connectivity index (χ2v) is 16.1. The quantitative estimate of drug-likeness (QED) is 0.0275. The van der Waals surface area contributed by atoms with E-state index in [0.29, 0.717) is 11.3 Å². The van der Waals surface area contributed by atoms with Crippen LogP contribution in [0.3, 0.4) is 0 Å². The van der Waals surface area contributed by atoms with Gasteiger partial charge in [0.2, 0.25) is 12.3 Å². The minimum atomic E-state index is -6.13. The fourth-order valence-electron chi connectivity index (χ4n) is 7.72. The topological polar surface area (TPSA) is 82.6 Å². The molecule has 0 radical (unpaired) electrons. The van der Waals surface area contributed by atoms with Crippen molar-refractivity contribution in [3.8, 4) is 0 Å². The van der Waals surface area contributed by atoms with Gasteiger partial charge in [0.05, 0.1) is 57.2 Å². The predicted octanol–water partition coefficient (Wildman–Crippen LogP) is 13.3. The number of hydrogen-bond acceptors (Lipinski definition) is 3. The van der Waals surface area contributed by atoms with Gasteiger partial charge in [-0.25, -0.2) is 4.98 Å². The smallest absolute Gasteiger partial charge is 0.287 e. The Labute approximate surface area is 408 Å². The number of hydrogen-bond donors (Lipinski definition) is 0. The van der Waals surface area contributed by atoms with Gasteiger partial charge in [-0.1, -0.05) is 84.0 Å². The Morgan fingerprint density at radius 3 is 0.987 bits per heavy atom. The number of alkyl halides is 24. The molecule has 5 aromatic carbocycles. The molecule has 0 aliphatic carbocycles. The second kappa shape index (κ2) is 20.9. The van der Waals surface area contributed by atoms with Crippen molar-refractivity contribution in [1.29, 1.82) is 0 Å². The average Bonchev–Trinajstić information content (AvgIpc) is 3.29. The molecule has 0 saturated heterocycles. The van der Waals surface area contributed by atoms with E-state index in [9.17, 15) is 110 Å². The van der Waals surface area contributed by atoms with Crippen LogP contribution in [-0.4, -0.2) is 16.9 Å². The fraction of sp³-hybridized carbons (Fsp3) is 0.222. The Bertz CT molecular complexity index is 2690. The normalized spacial score (nSPS) is 13.2. The van der Waals surface area contributed by atoms with Crippen molar-refractivity contribution in [1.82, 2.24) is 4.98 Å². The molecule has 0 unspecified atom stereocenters. The van der Waals surface area contributed by atoms with Crippen molar-refractivity contribution >= 4 is 33.8 Å². The molecule has 0 amide bonds. The molecule has 0 atom stereocenters. The number of rotatable bonds is 9. The summed E-state index contributed by atoms with van der Waals surface area (Å²) in [4.78, 5) is 18.8. The average molecular weight is 1120 g/mol. The van der Waals surface area contributed by atoms with Crippen molar-refractivity contribution in [2.24, 2.45) is 5.11 Å². The van der Waals surface area contributed by atoms with Gasteiger partial charge in [0.1, 0.15) is 11.8 Å². The number of halogens is 24. The van der Waals surface area contributed by atoms with Gasteiger partial charge < -0.3 is 0 Å². The number of azide groups is 1. The zero-order chi connectivity index (χ0) is 57.4. The van der Waals surface area contributed by atoms with Crippen molar-refractivity contribution < 1.29 is 115 Å². The SMILES string of the molecule is FC(F)(F)c1cc([B-](c2cc(C(F)(F)F)cc(C(F)(F)F)c2)(c2cc(C(F)(F)F)cc(C(F)(F)F)c2)c2cc(C(F)(F)F)cc(C(F)(F)F)c2)cc(C(F)(F)F)c1.[N-]=[N+]=NCc1c[n+](CC(=O)c2ccccc2)ccn1. The largest absolute Gasteiger partial charge is 0.416 e. The molecule has 76 heavy (non-hydrogen) atoms. The zero-order valence-corrected chi connectivity index (χ0v) is 36.8. The van der Waals surface area contributed by atoms with Crippen LogP contribution in [0.5, 0.6) is 0 Å². The summed E-state index contributed by atoms with van der Waals surface area (Å²) in [5.74, 6) is 0.0199. The molecular formula is C45H24BF24N5O. The lowest BCUT2D eigenvalue weighted by atomic mass is 9.12. The molecule has 0 spiro atoms. The van der Waals surface area contributed by atoms with E-state index in [1.54, 1.807) is 35.3 Å². The minimum absolute atomic E-state index is 0.0199. The van der Waals surface area contributed by atoms with E-state index in [4.69, 9.17) is 5.53 Å². The standard InChI is InChI=1S/C32H12BF24.C13H12N5O/c34-25(35,36)13-1-14(26(37,38)39)6-21(5-13)33(22-7-15(27(40,41)42)2-16(8-22)28(43,44)45,23-9-17(29(46,47)48)3-18(10-23)30(49,50)51)24-11-19(31(52,53)54)4-20(12-24)32(55,56)57;14-17-16-8-12-9-18(7-6-15-12)10-13(19)11-4-2-1-3-5-11/h1-12H;1-7,9H,8,10H2/q-1;+1. The first kappa shape index (κ1) is 59.4. The molecule has 6 nitrogen and oxygen atoms in total. The maximum atomic E-state index is 14.2. The second-order valence-electron chi connectivity index (χ2n) is 16.1. The summed E-state index contributed by atoms with van der Waals surface area (Å²) in [6.07, 6.45) is -49.8. The minimum Gasteiger partial charge on any atom is -0.287 e. The van der Waals surface area contributed by atoms with Crippen molar-refractivity contribution in [2.75, 3.05) is 0 Å². The van der Waals surface area contributed by atoms with E-state index >= 15 is 0 Å². The Morgan fingerprint density at radius 2 is 0.737 bits per heavy atom. The van der Waals surface area contributed by atoms with E-state index < -0.39 is 195 Å². The van der Waals surface area contributed by atoms with Crippen molar-refractivity contribution in [3.63, 3.8) is 0 Å². The highest BCUT2D eigenvalue weighted by atomic mass is 19.4. The molecule has 0 fully saturated rings. The van der Waals surface area contributed by atoms with Gasteiger partial charge in [-0.3, -0.25) is 4.79 Å². The van der Waals surface area contributed by atoms with Crippen molar-refractivity contribution in [2.45, 2.75) is 62.5 Å². The number of aromatic nitrogens is 2. The third-order valence-electron chi connectivity index (χ3n) is 11.0.